The average Bonchev–Trinajstić information content (AvgIpc) is 2.44. The predicted octanol–water partition coefficient (Wildman–Crippen LogP) is 2.03. The number of aliphatic carboxylic acids is 1. The van der Waals surface area contributed by atoms with Crippen LogP contribution in [0.5, 0.6) is 0 Å². The molecular formula is C12H17NO3. The first kappa shape index (κ1) is 12.5. The van der Waals surface area contributed by atoms with Crippen LogP contribution in [0, 0.1) is 19.8 Å². The van der Waals surface area contributed by atoms with E-state index in [-0.39, 0.29) is 0 Å². The molecule has 0 aliphatic rings. The maximum atomic E-state index is 11.4. The van der Waals surface area contributed by atoms with Crippen molar-refractivity contribution in [2.24, 2.45) is 5.92 Å². The minimum Gasteiger partial charge on any atom is -0.475 e. The Kier molecular flexibility index (Phi) is 3.52. The number of Topliss-reactive ketones (excluding diaryl/α,β-unsaturated/α-hetero) is 1. The van der Waals surface area contributed by atoms with Gasteiger partial charge in [0.2, 0.25) is 0 Å². The van der Waals surface area contributed by atoms with Crippen molar-refractivity contribution in [3.8, 4) is 0 Å². The molecule has 0 bridgehead atoms. The van der Waals surface area contributed by atoms with Gasteiger partial charge in [0.05, 0.1) is 5.56 Å². The molecule has 88 valence electrons. The summed E-state index contributed by atoms with van der Waals surface area (Å²) in [5.74, 6) is -1.77. The molecule has 0 aliphatic carbocycles. The fourth-order valence-corrected chi connectivity index (χ4v) is 1.79. The fourth-order valence-electron chi connectivity index (χ4n) is 1.79. The quantitative estimate of drug-likeness (QED) is 0.627. The van der Waals surface area contributed by atoms with Gasteiger partial charge in [0.25, 0.3) is 5.78 Å². The molecule has 0 spiro atoms. The van der Waals surface area contributed by atoms with Crippen LogP contribution in [0.4, 0.5) is 0 Å². The van der Waals surface area contributed by atoms with Crippen molar-refractivity contribution < 1.29 is 14.7 Å². The van der Waals surface area contributed by atoms with Gasteiger partial charge in [-0.25, -0.2) is 4.79 Å². The number of carbonyl (C=O) groups is 2. The van der Waals surface area contributed by atoms with Gasteiger partial charge in [-0.3, -0.25) is 4.79 Å². The summed E-state index contributed by atoms with van der Waals surface area (Å²) < 4.78 is 1.99. The first-order chi connectivity index (χ1) is 7.34. The molecule has 0 saturated carbocycles. The van der Waals surface area contributed by atoms with Gasteiger partial charge in [0.15, 0.2) is 0 Å². The van der Waals surface area contributed by atoms with Crippen molar-refractivity contribution in [2.45, 2.75) is 34.2 Å². The number of carboxylic acids is 1. The van der Waals surface area contributed by atoms with Crippen molar-refractivity contribution in [1.82, 2.24) is 4.57 Å². The maximum absolute atomic E-state index is 11.4. The molecule has 16 heavy (non-hydrogen) atoms. The van der Waals surface area contributed by atoms with Gasteiger partial charge in [0, 0.05) is 17.9 Å². The van der Waals surface area contributed by atoms with Gasteiger partial charge in [-0.2, -0.15) is 0 Å². The van der Waals surface area contributed by atoms with Crippen LogP contribution in [0.1, 0.15) is 35.6 Å². The normalized spacial score (nSPS) is 10.8. The number of hydrogen-bond donors (Lipinski definition) is 1. The second kappa shape index (κ2) is 4.51. The third kappa shape index (κ3) is 2.32. The molecule has 1 heterocycles. The molecule has 0 atom stereocenters. The predicted molar refractivity (Wildman–Crippen MR) is 60.7 cm³/mol. The number of carboxylic acid groups (broad SMARTS) is 1. The Morgan fingerprint density at radius 1 is 1.38 bits per heavy atom. The summed E-state index contributed by atoms with van der Waals surface area (Å²) in [6, 6.07) is 1.65. The summed E-state index contributed by atoms with van der Waals surface area (Å²) in [5.41, 5.74) is 1.96. The van der Waals surface area contributed by atoms with E-state index >= 15 is 0 Å². The van der Waals surface area contributed by atoms with Crippen molar-refractivity contribution in [1.29, 1.82) is 0 Å². The van der Waals surface area contributed by atoms with E-state index in [0.29, 0.717) is 11.5 Å². The molecule has 0 unspecified atom stereocenters. The van der Waals surface area contributed by atoms with E-state index in [1.165, 1.54) is 0 Å². The molecule has 1 N–H and O–H groups in total. The number of nitrogens with zero attached hydrogens (tertiary/aromatic N) is 1. The molecule has 0 saturated heterocycles. The molecule has 1 aromatic heterocycles. The molecule has 1 rings (SSSR count). The van der Waals surface area contributed by atoms with Gasteiger partial charge in [-0.05, 0) is 25.8 Å². The Morgan fingerprint density at radius 3 is 2.38 bits per heavy atom. The summed E-state index contributed by atoms with van der Waals surface area (Å²) in [6.07, 6.45) is 0. The lowest BCUT2D eigenvalue weighted by molar-refractivity contribution is -0.131. The van der Waals surface area contributed by atoms with E-state index in [9.17, 15) is 9.59 Å². The van der Waals surface area contributed by atoms with Crippen LogP contribution in [0.15, 0.2) is 6.07 Å². The highest BCUT2D eigenvalue weighted by Crippen LogP contribution is 2.17. The minimum absolute atomic E-state index is 0.297. The lowest BCUT2D eigenvalue weighted by Crippen LogP contribution is -2.14. The van der Waals surface area contributed by atoms with E-state index in [4.69, 9.17) is 5.11 Å². The SMILES string of the molecule is Cc1cc(C(=O)C(=O)O)c(C)n1CC(C)C. The van der Waals surface area contributed by atoms with Gasteiger partial charge in [-0.1, -0.05) is 13.8 Å². The number of carbonyl (C=O) groups excluding carboxylic acids is 1. The fraction of sp³-hybridized carbons (Fsp3) is 0.500. The Bertz CT molecular complexity index is 430. The number of rotatable bonds is 4. The smallest absolute Gasteiger partial charge is 0.377 e. The molecule has 0 fully saturated rings. The van der Waals surface area contributed by atoms with E-state index in [0.717, 1.165) is 17.9 Å². The number of aryl methyl sites for hydroxylation is 1. The largest absolute Gasteiger partial charge is 0.475 e. The molecule has 0 radical (unpaired) electrons. The first-order valence-electron chi connectivity index (χ1n) is 5.29. The molecule has 4 nitrogen and oxygen atoms in total. The van der Waals surface area contributed by atoms with E-state index < -0.39 is 11.8 Å². The lowest BCUT2D eigenvalue weighted by atomic mass is 10.1. The maximum Gasteiger partial charge on any atom is 0.377 e. The van der Waals surface area contributed by atoms with Crippen LogP contribution in [-0.4, -0.2) is 21.4 Å². The summed E-state index contributed by atoms with van der Waals surface area (Å²) in [5, 5.41) is 8.68. The van der Waals surface area contributed by atoms with E-state index in [2.05, 4.69) is 13.8 Å². The average molecular weight is 223 g/mol. The van der Waals surface area contributed by atoms with Crippen LogP contribution in [0.25, 0.3) is 0 Å². The Hall–Kier alpha value is -1.58. The van der Waals surface area contributed by atoms with Gasteiger partial charge < -0.3 is 9.67 Å². The Morgan fingerprint density at radius 2 is 1.94 bits per heavy atom. The number of hydrogen-bond acceptors (Lipinski definition) is 2. The van der Waals surface area contributed by atoms with Crippen LogP contribution >= 0.6 is 0 Å². The minimum atomic E-state index is -1.40. The second-order valence-electron chi connectivity index (χ2n) is 4.42. The summed E-state index contributed by atoms with van der Waals surface area (Å²) >= 11 is 0. The van der Waals surface area contributed by atoms with E-state index in [1.807, 2.05) is 11.5 Å². The van der Waals surface area contributed by atoms with Crippen molar-refractivity contribution in [3.63, 3.8) is 0 Å². The van der Waals surface area contributed by atoms with Crippen LogP contribution in [-0.2, 0) is 11.3 Å². The number of ketones is 1. The zero-order chi connectivity index (χ0) is 12.5. The highest BCUT2D eigenvalue weighted by Gasteiger charge is 2.21. The van der Waals surface area contributed by atoms with Gasteiger partial charge >= 0.3 is 5.97 Å². The Labute approximate surface area is 94.9 Å². The topological polar surface area (TPSA) is 59.3 Å². The van der Waals surface area contributed by atoms with Crippen molar-refractivity contribution >= 4 is 11.8 Å². The number of aromatic nitrogens is 1. The zero-order valence-electron chi connectivity index (χ0n) is 10.1. The highest BCUT2D eigenvalue weighted by atomic mass is 16.4. The third-order valence-electron chi connectivity index (χ3n) is 2.56. The molecule has 0 amide bonds. The van der Waals surface area contributed by atoms with Gasteiger partial charge in [0.1, 0.15) is 0 Å². The molecule has 4 heteroatoms. The van der Waals surface area contributed by atoms with Crippen molar-refractivity contribution in [3.05, 3.63) is 23.0 Å². The third-order valence-corrected chi connectivity index (χ3v) is 2.56. The standard InChI is InChI=1S/C12H17NO3/c1-7(2)6-13-8(3)5-10(9(13)4)11(14)12(15)16/h5,7H,6H2,1-4H3,(H,15,16). The molecule has 0 aliphatic heterocycles. The second-order valence-corrected chi connectivity index (χ2v) is 4.42. The van der Waals surface area contributed by atoms with Crippen LogP contribution in [0.3, 0.4) is 0 Å². The summed E-state index contributed by atoms with van der Waals surface area (Å²) in [7, 11) is 0. The highest BCUT2D eigenvalue weighted by molar-refractivity contribution is 6.40. The zero-order valence-corrected chi connectivity index (χ0v) is 10.1. The molecule has 1 aromatic rings. The van der Waals surface area contributed by atoms with Gasteiger partial charge in [-0.15, -0.1) is 0 Å². The lowest BCUT2D eigenvalue weighted by Gasteiger charge is -2.11. The first-order valence-corrected chi connectivity index (χ1v) is 5.29. The molecular weight excluding hydrogens is 206 g/mol. The van der Waals surface area contributed by atoms with E-state index in [1.54, 1.807) is 13.0 Å². The van der Waals surface area contributed by atoms with Crippen LogP contribution in [0.2, 0.25) is 0 Å². The monoisotopic (exact) mass is 223 g/mol. The van der Waals surface area contributed by atoms with Crippen molar-refractivity contribution in [2.75, 3.05) is 0 Å². The van der Waals surface area contributed by atoms with Crippen LogP contribution < -0.4 is 0 Å². The summed E-state index contributed by atoms with van der Waals surface area (Å²) in [6.45, 7) is 8.62. The summed E-state index contributed by atoms with van der Waals surface area (Å²) in [4.78, 5) is 22.0. The molecule has 0 aromatic carbocycles. The Balaban J connectivity index is 3.16.